The normalized spacial score (nSPS) is 17.3. The fraction of sp³-hybridized carbons (Fsp3) is 0.750. The van der Waals surface area contributed by atoms with Crippen LogP contribution in [0.5, 0.6) is 0 Å². The molecule has 556 valence electrons. The molecule has 0 spiro atoms. The Morgan fingerprint density at radius 1 is 0.634 bits per heavy atom. The van der Waals surface area contributed by atoms with E-state index in [1.807, 2.05) is 52.1 Å². The number of sulfone groups is 1. The van der Waals surface area contributed by atoms with E-state index in [9.17, 15) is 26.4 Å². The van der Waals surface area contributed by atoms with Crippen LogP contribution in [0.3, 0.4) is 0 Å². The van der Waals surface area contributed by atoms with Gasteiger partial charge in [0.05, 0.1) is 51.7 Å². The van der Waals surface area contributed by atoms with Crippen LogP contribution < -0.4 is 0 Å². The van der Waals surface area contributed by atoms with Crippen molar-refractivity contribution < 1.29 is 46.4 Å². The van der Waals surface area contributed by atoms with Crippen LogP contribution in [0.25, 0.3) is 0 Å². The largest absolute Gasteiger partial charge is 0.459 e. The molecule has 1 fully saturated rings. The number of allylic oxidation sites excluding steroid dienone is 2. The molecule has 1 aliphatic carbocycles. The number of ether oxygens (including phenoxy) is 1. The van der Waals surface area contributed by atoms with E-state index in [4.69, 9.17) is 66.5 Å². The van der Waals surface area contributed by atoms with Crippen LogP contribution in [0.15, 0.2) is 72.8 Å². The Morgan fingerprint density at radius 2 is 0.989 bits per heavy atom. The summed E-state index contributed by atoms with van der Waals surface area (Å²) in [6.07, 6.45) is 14.4. The molecule has 0 amide bonds. The highest BCUT2D eigenvalue weighted by Crippen LogP contribution is 2.42. The Bertz CT molecular complexity index is 1960. The highest BCUT2D eigenvalue weighted by molar-refractivity contribution is 14.1. The average molecular weight is 2580 g/mol. The molecule has 0 bridgehead atoms. The van der Waals surface area contributed by atoms with Gasteiger partial charge in [0.15, 0.2) is 9.84 Å². The van der Waals surface area contributed by atoms with E-state index in [-0.39, 0.29) is 100 Å². The Hall–Kier alpha value is 6.86. The number of unbranched alkanes of at least 4 members (excludes halogenated alkanes) is 8. The molecule has 3 N–H and O–H groups in total. The van der Waals surface area contributed by atoms with Gasteiger partial charge in [0.2, 0.25) is 0 Å². The zero-order chi connectivity index (χ0) is 72.2. The minimum absolute atomic E-state index is 0. The number of halogens is 24. The number of hydrogen-bond donors (Lipinski definition) is 3. The van der Waals surface area contributed by atoms with Crippen LogP contribution >= 0.6 is 327 Å². The Kier molecular flexibility index (Phi) is 92.1. The van der Waals surface area contributed by atoms with Gasteiger partial charge in [-0.15, -0.1) is 58.8 Å². The van der Waals surface area contributed by atoms with Gasteiger partial charge in [0.1, 0.15) is 15.3 Å². The maximum atomic E-state index is 11.4. The minimum atomic E-state index is -4.12. The summed E-state index contributed by atoms with van der Waals surface area (Å²) in [6.45, 7) is 7.63. The highest BCUT2D eigenvalue weighted by atomic mass is 127. The van der Waals surface area contributed by atoms with Gasteiger partial charge < -0.3 is 25.0 Å². The second-order valence-corrected chi connectivity index (χ2v) is 39.3. The van der Waals surface area contributed by atoms with Gasteiger partial charge in [-0.2, -0.15) is 13.2 Å². The fourth-order valence-corrected chi connectivity index (χ4v) is 17.9. The molecule has 2 aliphatic rings. The summed E-state index contributed by atoms with van der Waals surface area (Å²) in [6, 6.07) is 20.9. The second kappa shape index (κ2) is 75.7. The van der Waals surface area contributed by atoms with Crippen molar-refractivity contribution in [3.05, 3.63) is 83.9 Å². The molecule has 8 nitrogen and oxygen atoms in total. The highest BCUT2D eigenvalue weighted by Gasteiger charge is 2.36. The standard InChI is InChI=1S/C14H12Br2.C8H14Br2O2.C8H16I2.C6H12Br2.C5H10Br2O2.C5H11Cl2N.C4H6Br2O2S.C4H4Cl2.C3H3Br2F3.C3H6Br2O.ClH/c15-13(11-7-3-1-4-8-11)14(16)12-9-5-2-6-10-12;1-8(2,3)12-7(11)6(10)4-5-9;9-7-5-3-1-2-4-6-8-10;7-5-3-1-2-4-6-8;6-1-5(2-7,3-8)4-9;1-8(4-2-6)5-3-7;5-3-1-9(7,8)2-4(3)6;5-3-1-2-4(3)6;4-1-2(5)3(6,7)8;4-1-3(5)2-6;/h1-10,13-14H;6H,4-5H2,1-3H3;1-8H2;1-6H2;8-9H,1-4H2;2-5H2,1H3;3-4H,1-2H2;1-4H;2H,1H2;3,6H,1-2H2;1H/t13-,14+;;;;;;;3-,4+;;;. The number of carbonyl (C=O) groups is 1. The predicted octanol–water partition coefficient (Wildman–Crippen LogP) is 24.8. The zero-order valence-electron chi connectivity index (χ0n) is 52.6. The van der Waals surface area contributed by atoms with Gasteiger partial charge >= 0.3 is 12.1 Å². The third kappa shape index (κ3) is 74.1. The maximum absolute atomic E-state index is 11.4. The van der Waals surface area contributed by atoms with Gasteiger partial charge in [-0.1, -0.05) is 380 Å². The lowest BCUT2D eigenvalue weighted by Gasteiger charge is -2.23. The van der Waals surface area contributed by atoms with E-state index < -0.39 is 26.4 Å². The molecule has 2 aromatic rings. The molecule has 4 rings (SSSR count). The summed E-state index contributed by atoms with van der Waals surface area (Å²) in [7, 11) is -0.734. The minimum Gasteiger partial charge on any atom is -0.459 e. The van der Waals surface area contributed by atoms with E-state index in [0.717, 1.165) is 40.8 Å². The van der Waals surface area contributed by atoms with Crippen molar-refractivity contribution in [1.29, 1.82) is 0 Å². The molecule has 1 heterocycles. The number of carbonyl (C=O) groups excluding carboxylic acids is 1. The topological polar surface area (TPSA) is 124 Å². The lowest BCUT2D eigenvalue weighted by atomic mass is 9.97. The van der Waals surface area contributed by atoms with Crippen molar-refractivity contribution in [2.24, 2.45) is 5.41 Å². The van der Waals surface area contributed by atoms with Crippen LogP contribution in [-0.2, 0) is 19.4 Å². The smallest absolute Gasteiger partial charge is 0.402 e. The molecule has 0 radical (unpaired) electrons. The molecule has 33 heteroatoms. The molecule has 2 aromatic carbocycles. The summed E-state index contributed by atoms with van der Waals surface area (Å²) in [4.78, 5) is 12.7. The number of hydrogen-bond acceptors (Lipinski definition) is 8. The number of esters is 1. The third-order valence-corrected chi connectivity index (χ3v) is 31.4. The van der Waals surface area contributed by atoms with Gasteiger partial charge in [0.25, 0.3) is 0 Å². The molecular formula is C60H95Br14Cl5F3I2NO7S. The van der Waals surface area contributed by atoms with Gasteiger partial charge in [-0.3, -0.25) is 4.79 Å². The molecule has 5 unspecified atom stereocenters. The summed E-state index contributed by atoms with van der Waals surface area (Å²) in [5.41, 5.74) is 1.79. The SMILES string of the molecule is BrCCCCCCBr.Br[C@H](c1ccccc1)[C@@H](Br)c1ccccc1.CC(C)(C)OC(=O)C(Br)CCBr.CN(CCCl)CCCl.Cl.Cl[C@@H]1C=C[C@@H]1Cl.FC(F)(F)C(Br)CBr.ICCCCCCCCI.O=S1(=O)CC(Br)C(Br)C1.OCC(Br)CBr.OCC(CO)(CBr)CBr. The maximum Gasteiger partial charge on any atom is 0.402 e. The third-order valence-electron chi connectivity index (χ3n) is 11.1. The summed E-state index contributed by atoms with van der Waals surface area (Å²) in [5.74, 6) is 1.72. The quantitative estimate of drug-likeness (QED) is 0.0242. The average Bonchev–Trinajstić information content (AvgIpc) is 1.90. The van der Waals surface area contributed by atoms with E-state index in [0.29, 0.717) is 22.4 Å². The Labute approximate surface area is 729 Å². The molecule has 0 aromatic heterocycles. The monoisotopic (exact) mass is 2560 g/mol. The Morgan fingerprint density at radius 3 is 1.17 bits per heavy atom. The van der Waals surface area contributed by atoms with E-state index in [2.05, 4.69) is 322 Å². The van der Waals surface area contributed by atoms with Crippen molar-refractivity contribution in [1.82, 2.24) is 4.90 Å². The van der Waals surface area contributed by atoms with Crippen LogP contribution in [-0.4, -0.2) is 191 Å². The molecule has 1 aliphatic heterocycles. The number of aliphatic hydroxyl groups excluding tert-OH is 3. The van der Waals surface area contributed by atoms with Gasteiger partial charge in [-0.05, 0) is 79.9 Å². The van der Waals surface area contributed by atoms with Crippen LogP contribution in [0.1, 0.15) is 112 Å². The summed E-state index contributed by atoms with van der Waals surface area (Å²) >= 11 is 71.9. The first-order valence-corrected chi connectivity index (χ1v) is 49.9. The number of alkyl halides is 23. The first kappa shape index (κ1) is 113. The fourth-order valence-electron chi connectivity index (χ4n) is 5.46. The van der Waals surface area contributed by atoms with Crippen LogP contribution in [0.4, 0.5) is 13.2 Å². The van der Waals surface area contributed by atoms with E-state index in [1.54, 1.807) is 0 Å². The molecule has 1 saturated heterocycles. The number of aliphatic hydroxyl groups is 3. The zero-order valence-corrected chi connectivity index (χ0v) is 83.7. The van der Waals surface area contributed by atoms with Crippen LogP contribution in [0, 0.1) is 5.41 Å². The predicted molar refractivity (Wildman–Crippen MR) is 474 cm³/mol. The first-order valence-electron chi connectivity index (χ1n) is 28.9. The van der Waals surface area contributed by atoms with E-state index >= 15 is 0 Å². The summed E-state index contributed by atoms with van der Waals surface area (Å²) < 4.78 is 63.5. The first-order chi connectivity index (χ1) is 43.1. The van der Waals surface area contributed by atoms with Gasteiger partial charge in [0, 0.05) is 82.1 Å². The van der Waals surface area contributed by atoms with Crippen molar-refractivity contribution in [3.63, 3.8) is 0 Å². The lowest BCUT2D eigenvalue weighted by molar-refractivity contribution is -0.153. The van der Waals surface area contributed by atoms with Crippen molar-refractivity contribution >= 4 is 343 Å². The van der Waals surface area contributed by atoms with Crippen molar-refractivity contribution in [2.75, 3.05) is 109 Å². The van der Waals surface area contributed by atoms with Crippen molar-refractivity contribution in [2.45, 2.75) is 148 Å². The van der Waals surface area contributed by atoms with Gasteiger partial charge in [-0.25, -0.2) is 8.42 Å². The number of benzene rings is 2. The molecule has 0 saturated carbocycles. The number of rotatable bonds is 29. The lowest BCUT2D eigenvalue weighted by Crippen LogP contribution is -2.33. The molecule has 9 atom stereocenters. The second-order valence-electron chi connectivity index (χ2n) is 20.6. The molecular weight excluding hydrogens is 2490 g/mol. The molecule has 93 heavy (non-hydrogen) atoms. The summed E-state index contributed by atoms with van der Waals surface area (Å²) in [5, 5.41) is 31.0. The Balaban J connectivity index is -0.000000179. The van der Waals surface area contributed by atoms with Crippen LogP contribution in [0.2, 0.25) is 0 Å². The number of nitrogens with zero attached hydrogens (tertiary/aromatic N) is 1. The van der Waals surface area contributed by atoms with Crippen molar-refractivity contribution in [3.8, 4) is 0 Å². The van der Waals surface area contributed by atoms with E-state index in [1.165, 1.54) is 84.2 Å².